The molecule has 2 rings (SSSR count). The molecule has 16 heavy (non-hydrogen) atoms. The summed E-state index contributed by atoms with van der Waals surface area (Å²) in [5.41, 5.74) is 7.85. The van der Waals surface area contributed by atoms with Crippen LogP contribution in [0, 0.1) is 5.92 Å². The molecule has 0 saturated carbocycles. The van der Waals surface area contributed by atoms with Gasteiger partial charge in [0.15, 0.2) is 0 Å². The first-order valence-electron chi connectivity index (χ1n) is 5.94. The van der Waals surface area contributed by atoms with E-state index in [2.05, 4.69) is 17.9 Å². The lowest BCUT2D eigenvalue weighted by atomic mass is 9.99. The van der Waals surface area contributed by atoms with Gasteiger partial charge in [-0.25, -0.2) is 0 Å². The van der Waals surface area contributed by atoms with Gasteiger partial charge in [0, 0.05) is 30.3 Å². The lowest BCUT2D eigenvalue weighted by Crippen LogP contribution is -2.32. The molecule has 1 fully saturated rings. The summed E-state index contributed by atoms with van der Waals surface area (Å²) in [4.78, 5) is 2.41. The number of hydrogen-bond donors (Lipinski definition) is 1. The summed E-state index contributed by atoms with van der Waals surface area (Å²) in [5, 5.41) is 0.790. The van der Waals surface area contributed by atoms with Gasteiger partial charge in [-0.1, -0.05) is 24.6 Å². The molecule has 3 heteroatoms. The summed E-state index contributed by atoms with van der Waals surface area (Å²) in [6.45, 7) is 5.11. The van der Waals surface area contributed by atoms with E-state index in [1.165, 1.54) is 18.5 Å². The van der Waals surface area contributed by atoms with E-state index in [0.717, 1.165) is 29.6 Å². The van der Waals surface area contributed by atoms with Gasteiger partial charge in [0.25, 0.3) is 0 Å². The van der Waals surface area contributed by atoms with E-state index in [-0.39, 0.29) is 0 Å². The van der Waals surface area contributed by atoms with Crippen LogP contribution in [-0.2, 0) is 6.54 Å². The normalized spacial score (nSPS) is 17.8. The van der Waals surface area contributed by atoms with Crippen LogP contribution in [0.2, 0.25) is 5.02 Å². The molecule has 1 heterocycles. The van der Waals surface area contributed by atoms with E-state index in [9.17, 15) is 0 Å². The number of hydrogen-bond acceptors (Lipinski definition) is 2. The Morgan fingerprint density at radius 2 is 2.06 bits per heavy atom. The number of nitrogens with two attached hydrogens (primary N) is 1. The Bertz CT molecular complexity index is 357. The van der Waals surface area contributed by atoms with Crippen molar-refractivity contribution in [1.82, 2.24) is 0 Å². The molecule has 0 spiro atoms. The second kappa shape index (κ2) is 5.07. The highest BCUT2D eigenvalue weighted by molar-refractivity contribution is 6.31. The van der Waals surface area contributed by atoms with Crippen LogP contribution in [-0.4, -0.2) is 13.1 Å². The van der Waals surface area contributed by atoms with Crippen LogP contribution in [0.1, 0.15) is 25.3 Å². The minimum Gasteiger partial charge on any atom is -0.371 e. The van der Waals surface area contributed by atoms with Crippen molar-refractivity contribution in [1.29, 1.82) is 0 Å². The van der Waals surface area contributed by atoms with Crippen LogP contribution < -0.4 is 10.6 Å². The van der Waals surface area contributed by atoms with E-state index >= 15 is 0 Å². The molecule has 1 aromatic rings. The molecular formula is C13H19ClN2. The highest BCUT2D eigenvalue weighted by Crippen LogP contribution is 2.27. The van der Waals surface area contributed by atoms with E-state index in [4.69, 9.17) is 17.3 Å². The molecule has 0 aromatic heterocycles. The first-order valence-corrected chi connectivity index (χ1v) is 6.32. The zero-order valence-corrected chi connectivity index (χ0v) is 10.5. The van der Waals surface area contributed by atoms with Gasteiger partial charge in [0.2, 0.25) is 0 Å². The minimum absolute atomic E-state index is 0.510. The minimum atomic E-state index is 0.510. The SMILES string of the molecule is CC1CCN(c2ccc(CN)c(Cl)c2)CC1. The highest BCUT2D eigenvalue weighted by atomic mass is 35.5. The van der Waals surface area contributed by atoms with Crippen molar-refractivity contribution in [2.45, 2.75) is 26.3 Å². The lowest BCUT2D eigenvalue weighted by Gasteiger charge is -2.32. The molecule has 0 unspecified atom stereocenters. The summed E-state index contributed by atoms with van der Waals surface area (Å²) in [5.74, 6) is 0.857. The van der Waals surface area contributed by atoms with Crippen LogP contribution in [0.4, 0.5) is 5.69 Å². The average molecular weight is 239 g/mol. The molecule has 1 aromatic carbocycles. The molecule has 0 atom stereocenters. The quantitative estimate of drug-likeness (QED) is 0.858. The third kappa shape index (κ3) is 2.50. The maximum Gasteiger partial charge on any atom is 0.0471 e. The standard InChI is InChI=1S/C13H19ClN2/c1-10-4-6-16(7-5-10)12-3-2-11(9-15)13(14)8-12/h2-3,8,10H,4-7,9,15H2,1H3. The zero-order valence-electron chi connectivity index (χ0n) is 9.75. The number of rotatable bonds is 2. The van der Waals surface area contributed by atoms with Gasteiger partial charge < -0.3 is 10.6 Å². The van der Waals surface area contributed by atoms with Gasteiger partial charge in [-0.05, 0) is 36.5 Å². The molecule has 2 nitrogen and oxygen atoms in total. The highest BCUT2D eigenvalue weighted by Gasteiger charge is 2.16. The molecule has 2 N–H and O–H groups in total. The van der Waals surface area contributed by atoms with Gasteiger partial charge in [-0.15, -0.1) is 0 Å². The van der Waals surface area contributed by atoms with Gasteiger partial charge in [-0.2, -0.15) is 0 Å². The number of anilines is 1. The van der Waals surface area contributed by atoms with Crippen molar-refractivity contribution in [3.05, 3.63) is 28.8 Å². The first-order chi connectivity index (χ1) is 7.70. The Morgan fingerprint density at radius 3 is 2.62 bits per heavy atom. The van der Waals surface area contributed by atoms with Gasteiger partial charge in [0.05, 0.1) is 0 Å². The fourth-order valence-electron chi connectivity index (χ4n) is 2.17. The summed E-state index contributed by atoms with van der Waals surface area (Å²) < 4.78 is 0. The van der Waals surface area contributed by atoms with E-state index in [1.54, 1.807) is 0 Å². The first kappa shape index (κ1) is 11.7. The van der Waals surface area contributed by atoms with Crippen LogP contribution >= 0.6 is 11.6 Å². The Hall–Kier alpha value is -0.730. The Morgan fingerprint density at radius 1 is 1.38 bits per heavy atom. The van der Waals surface area contributed by atoms with E-state index < -0.39 is 0 Å². The molecular weight excluding hydrogens is 220 g/mol. The zero-order chi connectivity index (χ0) is 11.5. The Kier molecular flexibility index (Phi) is 3.72. The second-order valence-corrected chi connectivity index (χ2v) is 5.06. The molecule has 0 bridgehead atoms. The largest absolute Gasteiger partial charge is 0.371 e. The van der Waals surface area contributed by atoms with Crippen molar-refractivity contribution in [2.75, 3.05) is 18.0 Å². The summed E-state index contributed by atoms with van der Waals surface area (Å²) >= 11 is 6.17. The average Bonchev–Trinajstić information content (AvgIpc) is 2.30. The van der Waals surface area contributed by atoms with E-state index in [1.807, 2.05) is 12.1 Å². The number of piperidine rings is 1. The monoisotopic (exact) mass is 238 g/mol. The number of nitrogens with zero attached hydrogens (tertiary/aromatic N) is 1. The maximum atomic E-state index is 6.17. The van der Waals surface area contributed by atoms with E-state index in [0.29, 0.717) is 6.54 Å². The third-order valence-corrected chi connectivity index (χ3v) is 3.76. The molecule has 88 valence electrons. The predicted molar refractivity (Wildman–Crippen MR) is 70.0 cm³/mol. The molecule has 1 saturated heterocycles. The summed E-state index contributed by atoms with van der Waals surface area (Å²) in [6.07, 6.45) is 2.55. The predicted octanol–water partition coefficient (Wildman–Crippen LogP) is 3.04. The molecule has 0 aliphatic carbocycles. The fraction of sp³-hybridized carbons (Fsp3) is 0.538. The van der Waals surface area contributed by atoms with Crippen LogP contribution in [0.15, 0.2) is 18.2 Å². The smallest absolute Gasteiger partial charge is 0.0471 e. The number of benzene rings is 1. The van der Waals surface area contributed by atoms with Crippen molar-refractivity contribution >= 4 is 17.3 Å². The second-order valence-electron chi connectivity index (χ2n) is 4.65. The molecule has 0 radical (unpaired) electrons. The number of halogens is 1. The fourth-order valence-corrected chi connectivity index (χ4v) is 2.42. The van der Waals surface area contributed by atoms with Gasteiger partial charge in [-0.3, -0.25) is 0 Å². The van der Waals surface area contributed by atoms with Gasteiger partial charge >= 0.3 is 0 Å². The Labute approximate surface area is 102 Å². The topological polar surface area (TPSA) is 29.3 Å². The molecule has 0 amide bonds. The Balaban J connectivity index is 2.12. The summed E-state index contributed by atoms with van der Waals surface area (Å²) in [7, 11) is 0. The van der Waals surface area contributed by atoms with Crippen molar-refractivity contribution < 1.29 is 0 Å². The molecule has 1 aliphatic heterocycles. The van der Waals surface area contributed by atoms with Crippen molar-refractivity contribution in [3.63, 3.8) is 0 Å². The molecule has 1 aliphatic rings. The van der Waals surface area contributed by atoms with Gasteiger partial charge in [0.1, 0.15) is 0 Å². The lowest BCUT2D eigenvalue weighted by molar-refractivity contribution is 0.438. The van der Waals surface area contributed by atoms with Crippen LogP contribution in [0.25, 0.3) is 0 Å². The van der Waals surface area contributed by atoms with Crippen molar-refractivity contribution in [3.8, 4) is 0 Å². The van der Waals surface area contributed by atoms with Crippen molar-refractivity contribution in [2.24, 2.45) is 11.7 Å². The van der Waals surface area contributed by atoms with Crippen LogP contribution in [0.3, 0.4) is 0 Å². The van der Waals surface area contributed by atoms with Crippen LogP contribution in [0.5, 0.6) is 0 Å². The maximum absolute atomic E-state index is 6.17. The third-order valence-electron chi connectivity index (χ3n) is 3.41. The summed E-state index contributed by atoms with van der Waals surface area (Å²) in [6, 6.07) is 6.21.